The smallest absolute Gasteiger partial charge is 0.255 e. The van der Waals surface area contributed by atoms with Gasteiger partial charge in [-0.05, 0) is 80.8 Å². The molecule has 1 saturated carbocycles. The van der Waals surface area contributed by atoms with E-state index >= 15 is 0 Å². The molecule has 1 heterocycles. The molecule has 3 aromatic rings. The van der Waals surface area contributed by atoms with Crippen LogP contribution < -0.4 is 5.32 Å². The van der Waals surface area contributed by atoms with Crippen molar-refractivity contribution >= 4 is 17.4 Å². The van der Waals surface area contributed by atoms with Crippen LogP contribution in [0.5, 0.6) is 0 Å². The van der Waals surface area contributed by atoms with E-state index in [-0.39, 0.29) is 23.0 Å². The third-order valence-corrected chi connectivity index (χ3v) is 7.75. The number of aryl methyl sites for hydroxylation is 1. The summed E-state index contributed by atoms with van der Waals surface area (Å²) < 4.78 is 0. The lowest BCUT2D eigenvalue weighted by molar-refractivity contribution is -0.0340. The summed E-state index contributed by atoms with van der Waals surface area (Å²) in [4.78, 5) is 30.5. The summed E-state index contributed by atoms with van der Waals surface area (Å²) in [5, 5.41) is 13.8. The van der Waals surface area contributed by atoms with E-state index in [2.05, 4.69) is 22.4 Å². The van der Waals surface area contributed by atoms with E-state index in [9.17, 15) is 14.7 Å². The van der Waals surface area contributed by atoms with E-state index in [1.54, 1.807) is 18.3 Å². The predicted molar refractivity (Wildman–Crippen MR) is 132 cm³/mol. The molecule has 34 heavy (non-hydrogen) atoms. The number of rotatable bonds is 4. The molecule has 0 radical (unpaired) electrons. The Labute approximate surface area is 200 Å². The maximum Gasteiger partial charge on any atom is 0.255 e. The maximum atomic E-state index is 13.3. The number of aromatic nitrogens is 1. The van der Waals surface area contributed by atoms with E-state index in [0.717, 1.165) is 24.1 Å². The van der Waals surface area contributed by atoms with Gasteiger partial charge in [0.05, 0.1) is 17.0 Å². The molecule has 2 aliphatic rings. The van der Waals surface area contributed by atoms with Gasteiger partial charge in [-0.25, -0.2) is 0 Å². The zero-order chi connectivity index (χ0) is 23.9. The van der Waals surface area contributed by atoms with Crippen LogP contribution in [-0.4, -0.2) is 27.4 Å². The van der Waals surface area contributed by atoms with Crippen molar-refractivity contribution in [2.75, 3.05) is 5.32 Å². The van der Waals surface area contributed by atoms with Gasteiger partial charge in [0.2, 0.25) is 0 Å². The molecule has 1 fully saturated rings. The van der Waals surface area contributed by atoms with E-state index in [4.69, 9.17) is 0 Å². The average molecular weight is 455 g/mol. The summed E-state index contributed by atoms with van der Waals surface area (Å²) in [5.74, 6) is -0.139. The molecule has 0 aliphatic heterocycles. The quantitative estimate of drug-likeness (QED) is 0.564. The van der Waals surface area contributed by atoms with Crippen LogP contribution >= 0.6 is 0 Å². The molecule has 2 N–H and O–H groups in total. The minimum Gasteiger partial charge on any atom is -0.390 e. The third-order valence-electron chi connectivity index (χ3n) is 7.75. The van der Waals surface area contributed by atoms with Crippen LogP contribution in [0.15, 0.2) is 66.9 Å². The van der Waals surface area contributed by atoms with Gasteiger partial charge < -0.3 is 10.4 Å². The SMILES string of the molecule is Cc1ncccc1NC(=O)c1ccc2c(c1)C(=O)C[C@@H]1C[C@](C)(O)CC[C@@]21Cc1ccccc1. The first-order chi connectivity index (χ1) is 16.3. The van der Waals surface area contributed by atoms with Gasteiger partial charge in [0, 0.05) is 29.2 Å². The summed E-state index contributed by atoms with van der Waals surface area (Å²) >= 11 is 0. The Morgan fingerprint density at radius 1 is 1.12 bits per heavy atom. The molecule has 0 bridgehead atoms. The Morgan fingerprint density at radius 2 is 1.91 bits per heavy atom. The number of hydrogen-bond acceptors (Lipinski definition) is 4. The Kier molecular flexibility index (Phi) is 5.61. The fourth-order valence-electron chi connectivity index (χ4n) is 5.93. The average Bonchev–Trinajstić information content (AvgIpc) is 2.82. The van der Waals surface area contributed by atoms with Gasteiger partial charge in [0.25, 0.3) is 5.91 Å². The number of aliphatic hydroxyl groups is 1. The number of benzene rings is 2. The number of anilines is 1. The number of nitrogens with one attached hydrogen (secondary N) is 1. The normalized spacial score (nSPS) is 25.9. The second-order valence-electron chi connectivity index (χ2n) is 10.2. The summed E-state index contributed by atoms with van der Waals surface area (Å²) in [6.45, 7) is 3.73. The Hall–Kier alpha value is -3.31. The van der Waals surface area contributed by atoms with Gasteiger partial charge in [-0.2, -0.15) is 0 Å². The van der Waals surface area contributed by atoms with E-state index < -0.39 is 5.60 Å². The van der Waals surface area contributed by atoms with Crippen molar-refractivity contribution in [1.29, 1.82) is 0 Å². The molecule has 5 nitrogen and oxygen atoms in total. The zero-order valence-corrected chi connectivity index (χ0v) is 19.7. The van der Waals surface area contributed by atoms with Gasteiger partial charge in [0.1, 0.15) is 0 Å². The number of pyridine rings is 1. The van der Waals surface area contributed by atoms with Crippen molar-refractivity contribution in [3.63, 3.8) is 0 Å². The standard InChI is InChI=1S/C29H30N2O3/c1-19-25(9-6-14-30-19)31-27(33)21-10-11-24-23(15-21)26(32)16-22-18-28(2,34)12-13-29(22,24)17-20-7-4-3-5-8-20/h3-11,14-15,22,34H,12-13,16-18H2,1-2H3,(H,31,33)/t22-,28-,29+/m1/s1. The molecule has 174 valence electrons. The lowest BCUT2D eigenvalue weighted by Gasteiger charge is -2.52. The van der Waals surface area contributed by atoms with Crippen LogP contribution in [-0.2, 0) is 11.8 Å². The van der Waals surface area contributed by atoms with Gasteiger partial charge in [-0.3, -0.25) is 14.6 Å². The summed E-state index contributed by atoms with van der Waals surface area (Å²) in [5.41, 5.74) is 3.75. The number of nitrogens with zero attached hydrogens (tertiary/aromatic N) is 1. The predicted octanol–water partition coefficient (Wildman–Crippen LogP) is 5.26. The van der Waals surface area contributed by atoms with Crippen molar-refractivity contribution in [2.24, 2.45) is 5.92 Å². The molecule has 3 atom stereocenters. The molecule has 5 rings (SSSR count). The molecule has 5 heteroatoms. The van der Waals surface area contributed by atoms with E-state index in [1.165, 1.54) is 5.56 Å². The van der Waals surface area contributed by atoms with Crippen molar-refractivity contribution < 1.29 is 14.7 Å². The first-order valence-corrected chi connectivity index (χ1v) is 11.9. The molecule has 2 aliphatic carbocycles. The first kappa shape index (κ1) is 22.5. The van der Waals surface area contributed by atoms with Crippen molar-refractivity contribution in [2.45, 2.75) is 57.0 Å². The number of fused-ring (bicyclic) bond motifs is 3. The monoisotopic (exact) mass is 454 g/mol. The van der Waals surface area contributed by atoms with Gasteiger partial charge >= 0.3 is 0 Å². The number of carbonyl (C=O) groups is 2. The van der Waals surface area contributed by atoms with Crippen LogP contribution in [0.2, 0.25) is 0 Å². The Bertz CT molecular complexity index is 1250. The highest BCUT2D eigenvalue weighted by atomic mass is 16.3. The molecular formula is C29H30N2O3. The molecule has 2 aromatic carbocycles. The molecule has 0 spiro atoms. The molecule has 0 saturated heterocycles. The summed E-state index contributed by atoms with van der Waals surface area (Å²) in [7, 11) is 0. The van der Waals surface area contributed by atoms with Crippen LogP contribution in [0.1, 0.15) is 70.1 Å². The molecular weight excluding hydrogens is 424 g/mol. The highest BCUT2D eigenvalue weighted by Crippen LogP contribution is 2.54. The van der Waals surface area contributed by atoms with Gasteiger partial charge in [0.15, 0.2) is 5.78 Å². The van der Waals surface area contributed by atoms with Crippen LogP contribution in [0.25, 0.3) is 0 Å². The molecule has 1 aromatic heterocycles. The fourth-order valence-corrected chi connectivity index (χ4v) is 5.93. The van der Waals surface area contributed by atoms with Crippen molar-refractivity contribution in [3.8, 4) is 0 Å². The highest BCUT2D eigenvalue weighted by Gasteiger charge is 2.52. The number of hydrogen-bond donors (Lipinski definition) is 2. The third kappa shape index (κ3) is 4.05. The second kappa shape index (κ2) is 8.48. The second-order valence-corrected chi connectivity index (χ2v) is 10.2. The van der Waals surface area contributed by atoms with Crippen LogP contribution in [0.3, 0.4) is 0 Å². The van der Waals surface area contributed by atoms with Crippen molar-refractivity contribution in [3.05, 3.63) is 94.8 Å². The largest absolute Gasteiger partial charge is 0.390 e. The van der Waals surface area contributed by atoms with Crippen LogP contribution in [0.4, 0.5) is 5.69 Å². The fraction of sp³-hybridized carbons (Fsp3) is 0.345. The topological polar surface area (TPSA) is 79.3 Å². The van der Waals surface area contributed by atoms with Gasteiger partial charge in [-0.1, -0.05) is 36.4 Å². The number of amides is 1. The maximum absolute atomic E-state index is 13.3. The minimum absolute atomic E-state index is 0.0496. The Morgan fingerprint density at radius 3 is 2.68 bits per heavy atom. The number of Topliss-reactive ketones (excluding diaryl/α,β-unsaturated/α-hetero) is 1. The summed E-state index contributed by atoms with van der Waals surface area (Å²) in [6.07, 6.45) is 4.99. The van der Waals surface area contributed by atoms with E-state index in [0.29, 0.717) is 36.1 Å². The lowest BCUT2D eigenvalue weighted by Crippen LogP contribution is -2.51. The highest BCUT2D eigenvalue weighted by molar-refractivity contribution is 6.07. The van der Waals surface area contributed by atoms with Gasteiger partial charge in [-0.15, -0.1) is 0 Å². The minimum atomic E-state index is -0.760. The zero-order valence-electron chi connectivity index (χ0n) is 19.7. The number of ketones is 1. The van der Waals surface area contributed by atoms with E-state index in [1.807, 2.05) is 50.2 Å². The van der Waals surface area contributed by atoms with Crippen molar-refractivity contribution in [1.82, 2.24) is 4.98 Å². The molecule has 1 amide bonds. The van der Waals surface area contributed by atoms with Crippen LogP contribution in [0, 0.1) is 12.8 Å². The molecule has 0 unspecified atom stereocenters. The summed E-state index contributed by atoms with van der Waals surface area (Å²) in [6, 6.07) is 19.5. The lowest BCUT2D eigenvalue weighted by atomic mass is 9.52. The number of carbonyl (C=O) groups excluding carboxylic acids is 2. The first-order valence-electron chi connectivity index (χ1n) is 11.9. The Balaban J connectivity index is 1.54.